The van der Waals surface area contributed by atoms with Crippen LogP contribution in [0.4, 0.5) is 25.2 Å². The van der Waals surface area contributed by atoms with Crippen molar-refractivity contribution in [2.24, 2.45) is 9.98 Å². The van der Waals surface area contributed by atoms with Crippen LogP contribution >= 0.6 is 7.81 Å². The summed E-state index contributed by atoms with van der Waals surface area (Å²) < 4.78 is 59.2. The zero-order chi connectivity index (χ0) is 44.2. The van der Waals surface area contributed by atoms with Gasteiger partial charge in [0.2, 0.25) is 0 Å². The van der Waals surface area contributed by atoms with E-state index in [4.69, 9.17) is 9.98 Å². The fraction of sp³-hybridized carbons (Fsp3) is 0.458. The molecule has 0 spiro atoms. The van der Waals surface area contributed by atoms with Gasteiger partial charge < -0.3 is 10.2 Å². The Balaban J connectivity index is 0.00000110. The second-order valence-electron chi connectivity index (χ2n) is 18.1. The van der Waals surface area contributed by atoms with Crippen molar-refractivity contribution in [1.82, 2.24) is 0 Å². The molecule has 331 valence electrons. The van der Waals surface area contributed by atoms with E-state index >= 15 is 0 Å². The van der Waals surface area contributed by atoms with E-state index in [1.165, 1.54) is 22.3 Å². The first-order valence-corrected chi connectivity index (χ1v) is 22.6. The molecule has 0 saturated heterocycles. The van der Waals surface area contributed by atoms with Gasteiger partial charge in [-0.2, -0.15) is 0 Å². The molecule has 1 aliphatic carbocycles. The minimum absolute atomic E-state index is 0. The first-order chi connectivity index (χ1) is 27.1. The Bertz CT molecular complexity index is 1970. The number of hydrogen-bond acceptors (Lipinski definition) is 4. The van der Waals surface area contributed by atoms with E-state index in [0.717, 1.165) is 71.9 Å². The molecule has 1 fully saturated rings. The summed E-state index contributed by atoms with van der Waals surface area (Å²) in [5, 5.41) is 23.4. The number of phenolic OH excluding ortho intramolecular Hbond substituents is 2. The summed E-state index contributed by atoms with van der Waals surface area (Å²) in [7, 11) is -10.7. The van der Waals surface area contributed by atoms with Gasteiger partial charge in [0.15, 0.2) is 0 Å². The molecule has 0 aliphatic heterocycles. The van der Waals surface area contributed by atoms with Gasteiger partial charge in [-0.3, -0.25) is 9.98 Å². The molecule has 5 rings (SSSR count). The third-order valence-corrected chi connectivity index (χ3v) is 11.3. The van der Waals surface area contributed by atoms with Crippen LogP contribution in [-0.4, -0.2) is 34.7 Å². The maximum atomic E-state index is 11.7. The van der Waals surface area contributed by atoms with Crippen LogP contribution in [-0.2, 0) is 27.9 Å². The van der Waals surface area contributed by atoms with Gasteiger partial charge in [0.1, 0.15) is 11.5 Å². The van der Waals surface area contributed by atoms with E-state index in [-0.39, 0.29) is 51.8 Å². The van der Waals surface area contributed by atoms with Crippen LogP contribution in [0.5, 0.6) is 11.5 Å². The molecule has 0 amide bonds. The smallest absolute Gasteiger partial charge is 0 e. The molecule has 4 aromatic rings. The standard InChI is InChI=1S/C48H62N2O2.F6P.Mn/c1-11-39(33-21-25-37(26-22-33)47(5,6)7)43-31(3)17-19-35(45(43)51)29-49-41-15-13-14-16-42(41)50-30-36-20-18-32(4)44(46(36)52)40(12-2)34-23-27-38(28-24-34)48(8,9)10;1-7(2,3,4,5)6;/h17-30,39-42,51-52H,11-16H2,1-10H3;;/q;-1;/t39?,40?,41-,42-;;/m0../s1. The van der Waals surface area contributed by atoms with E-state index in [9.17, 15) is 35.4 Å². The van der Waals surface area contributed by atoms with Crippen LogP contribution < -0.4 is 0 Å². The van der Waals surface area contributed by atoms with Crippen LogP contribution in [0.25, 0.3) is 0 Å². The van der Waals surface area contributed by atoms with Gasteiger partial charge >= 0.3 is 33.0 Å². The Hall–Kier alpha value is -3.65. The van der Waals surface area contributed by atoms with E-state index in [2.05, 4.69) is 130 Å². The fourth-order valence-corrected chi connectivity index (χ4v) is 7.97. The number of aryl methyl sites for hydroxylation is 2. The summed E-state index contributed by atoms with van der Waals surface area (Å²) in [5.41, 5.74) is 10.9. The van der Waals surface area contributed by atoms with Gasteiger partial charge in [0.05, 0.1) is 12.1 Å². The van der Waals surface area contributed by atoms with Gasteiger partial charge in [-0.05, 0) is 95.9 Å². The van der Waals surface area contributed by atoms with Crippen LogP contribution in [0.2, 0.25) is 0 Å². The Morgan fingerprint density at radius 1 is 0.583 bits per heavy atom. The van der Waals surface area contributed by atoms with E-state index < -0.39 is 7.81 Å². The Labute approximate surface area is 363 Å². The van der Waals surface area contributed by atoms with Gasteiger partial charge in [-0.1, -0.05) is 129 Å². The van der Waals surface area contributed by atoms with Crippen LogP contribution in [0.1, 0.15) is 161 Å². The predicted molar refractivity (Wildman–Crippen MR) is 235 cm³/mol. The van der Waals surface area contributed by atoms with Crippen LogP contribution in [0.15, 0.2) is 82.8 Å². The SMILES string of the molecule is CCC(c1ccc(C(C)(C)C)cc1)c1c(C)ccc(C=N[C@H]2CCCC[C@@H]2N=Cc2ccc(C)c(C(CC)c3ccc(C(C)(C)C)cc3)c2O)c1O.F[P-](F)(F)(F)(F)F.[Mn]. The molecule has 2 unspecified atom stereocenters. The zero-order valence-electron chi connectivity index (χ0n) is 36.5. The number of phenols is 2. The maximum absolute atomic E-state index is 11.7. The number of aromatic hydroxyl groups is 2. The average molecular weight is 899 g/mol. The van der Waals surface area contributed by atoms with Crippen molar-refractivity contribution in [3.05, 3.63) is 128 Å². The average Bonchev–Trinajstić information content (AvgIpc) is 3.13. The van der Waals surface area contributed by atoms with E-state index in [1.54, 1.807) is 0 Å². The van der Waals surface area contributed by atoms with Crippen molar-refractivity contribution >= 4 is 20.2 Å². The summed E-state index contributed by atoms with van der Waals surface area (Å²) in [4.78, 5) is 10.1. The largest absolute Gasteiger partial charge is 0 e. The molecule has 1 saturated carbocycles. The molecule has 4 nitrogen and oxygen atoms in total. The number of rotatable bonds is 10. The molecule has 4 aromatic carbocycles. The third kappa shape index (κ3) is 14.5. The van der Waals surface area contributed by atoms with Gasteiger partial charge in [-0.15, -0.1) is 0 Å². The van der Waals surface area contributed by atoms with Crippen LogP contribution in [0, 0.1) is 13.8 Å². The van der Waals surface area contributed by atoms with Gasteiger partial charge in [-0.25, -0.2) is 0 Å². The third-order valence-electron chi connectivity index (χ3n) is 11.3. The van der Waals surface area contributed by atoms with Crippen molar-refractivity contribution in [2.75, 3.05) is 0 Å². The number of halogens is 6. The summed E-state index contributed by atoms with van der Waals surface area (Å²) in [5.74, 6) is 0.831. The van der Waals surface area contributed by atoms with Crippen molar-refractivity contribution in [2.45, 2.75) is 143 Å². The maximum Gasteiger partial charge on any atom is 0 e. The van der Waals surface area contributed by atoms with Crippen LogP contribution in [0.3, 0.4) is 0 Å². The van der Waals surface area contributed by atoms with Crippen molar-refractivity contribution < 1.29 is 52.5 Å². The summed E-state index contributed by atoms with van der Waals surface area (Å²) in [6.07, 6.45) is 9.61. The second-order valence-corrected chi connectivity index (χ2v) is 20.0. The zero-order valence-corrected chi connectivity index (χ0v) is 38.6. The molecule has 0 bridgehead atoms. The summed E-state index contributed by atoms with van der Waals surface area (Å²) in [6, 6.07) is 26.0. The summed E-state index contributed by atoms with van der Waals surface area (Å²) >= 11 is 0. The molecule has 1 aliphatic rings. The first kappa shape index (κ1) is 50.7. The molecule has 12 heteroatoms. The van der Waals surface area contributed by atoms with Gasteiger partial charge in [0.25, 0.3) is 0 Å². The minimum Gasteiger partial charge on any atom is 0 e. The quantitative estimate of drug-likeness (QED) is 0.0721. The minimum atomic E-state index is -10.7. The fourth-order valence-electron chi connectivity index (χ4n) is 7.97. The predicted octanol–water partition coefficient (Wildman–Crippen LogP) is 15.6. The monoisotopic (exact) mass is 898 g/mol. The number of nitrogens with zero attached hydrogens (tertiary/aromatic N) is 2. The van der Waals surface area contributed by atoms with Crippen molar-refractivity contribution in [3.63, 3.8) is 0 Å². The number of benzene rings is 4. The van der Waals surface area contributed by atoms with Gasteiger partial charge in [0, 0.05) is 63.6 Å². The van der Waals surface area contributed by atoms with Crippen molar-refractivity contribution in [3.8, 4) is 11.5 Å². The first-order valence-electron chi connectivity index (χ1n) is 20.6. The molecule has 2 N–H and O–H groups in total. The molecule has 60 heavy (non-hydrogen) atoms. The Morgan fingerprint density at radius 3 is 1.15 bits per heavy atom. The second kappa shape index (κ2) is 18.8. The molecular formula is C48H62F6MnN2O2P-. The number of hydrogen-bond donors (Lipinski definition) is 2. The Kier molecular flexibility index (Phi) is 15.9. The molecule has 0 aromatic heterocycles. The molecule has 4 atom stereocenters. The van der Waals surface area contributed by atoms with E-state index in [1.807, 2.05) is 24.6 Å². The molecule has 1 radical (unpaired) electrons. The molecular weight excluding hydrogens is 836 g/mol. The topological polar surface area (TPSA) is 65.2 Å². The number of aliphatic imine (C=N–C) groups is 2. The van der Waals surface area contributed by atoms with Crippen molar-refractivity contribution in [1.29, 1.82) is 0 Å². The normalized spacial score (nSPS) is 18.5. The van der Waals surface area contributed by atoms with E-state index in [0.29, 0.717) is 11.5 Å². The Morgan fingerprint density at radius 2 is 0.883 bits per heavy atom. The summed E-state index contributed by atoms with van der Waals surface area (Å²) in [6.45, 7) is 22.0. The molecule has 0 heterocycles.